The van der Waals surface area contributed by atoms with Gasteiger partial charge in [0.1, 0.15) is 11.6 Å². The van der Waals surface area contributed by atoms with E-state index >= 15 is 4.39 Å². The van der Waals surface area contributed by atoms with Crippen molar-refractivity contribution in [1.29, 1.82) is 0 Å². The Bertz CT molecular complexity index is 1050. The molecule has 0 bridgehead atoms. The first kappa shape index (κ1) is 29.4. The molecule has 2 aromatic carbocycles. The normalized spacial score (nSPS) is 14.9. The van der Waals surface area contributed by atoms with Crippen molar-refractivity contribution in [3.05, 3.63) is 53.8 Å². The number of hydrogen-bond acceptors (Lipinski definition) is 5. The summed E-state index contributed by atoms with van der Waals surface area (Å²) >= 11 is 0. The smallest absolute Gasteiger partial charge is 0.231 e. The summed E-state index contributed by atoms with van der Waals surface area (Å²) < 4.78 is 20.3. The monoisotopic (exact) mass is 526 g/mol. The molecule has 38 heavy (non-hydrogen) atoms. The molecule has 3 rings (SSSR count). The summed E-state index contributed by atoms with van der Waals surface area (Å²) in [6, 6.07) is 12.7. The summed E-state index contributed by atoms with van der Waals surface area (Å²) in [5.74, 6) is 0.137. The van der Waals surface area contributed by atoms with Gasteiger partial charge in [-0.1, -0.05) is 26.0 Å². The topological polar surface area (TPSA) is 65.1 Å². The number of nitrogens with one attached hydrogen (secondary N) is 1. The van der Waals surface area contributed by atoms with Gasteiger partial charge in [-0.3, -0.25) is 14.5 Å². The van der Waals surface area contributed by atoms with Crippen molar-refractivity contribution in [2.45, 2.75) is 46.5 Å². The molecule has 1 unspecified atom stereocenters. The van der Waals surface area contributed by atoms with Crippen molar-refractivity contribution in [3.63, 3.8) is 0 Å². The highest BCUT2D eigenvalue weighted by Gasteiger charge is 2.29. The molecule has 1 fully saturated rings. The number of halogens is 1. The van der Waals surface area contributed by atoms with E-state index in [0.717, 1.165) is 37.2 Å². The number of nitrogens with zero attached hydrogens (tertiary/aromatic N) is 3. The molecular weight excluding hydrogens is 483 g/mol. The van der Waals surface area contributed by atoms with Gasteiger partial charge in [0.15, 0.2) is 0 Å². The third-order valence-corrected chi connectivity index (χ3v) is 7.62. The van der Waals surface area contributed by atoms with Crippen LogP contribution in [0.2, 0.25) is 0 Å². The lowest BCUT2D eigenvalue weighted by Gasteiger charge is -2.38. The summed E-state index contributed by atoms with van der Waals surface area (Å²) in [7, 11) is 1.63. The number of carbonyl (C=O) groups is 2. The lowest BCUT2D eigenvalue weighted by atomic mass is 9.96. The number of amides is 2. The van der Waals surface area contributed by atoms with Gasteiger partial charge in [0.05, 0.1) is 18.7 Å². The predicted octanol–water partition coefficient (Wildman–Crippen LogP) is 4.98. The molecule has 1 aliphatic rings. The standard InChI is InChI=1S/C30H43FN4O3/c1-6-22(7-2)29(36)32-24-12-15-28(27(31)20-24)35-18-16-33(17-19-35)21-26(30(37)34(8-3)9-4)23-10-13-25(38-5)14-11-23/h10-15,20,22,26H,6-9,16-19,21H2,1-5H3,(H,32,36). The van der Waals surface area contributed by atoms with Crippen molar-refractivity contribution >= 4 is 23.2 Å². The van der Waals surface area contributed by atoms with Crippen LogP contribution < -0.4 is 15.0 Å². The molecule has 0 aliphatic carbocycles. The third-order valence-electron chi connectivity index (χ3n) is 7.62. The van der Waals surface area contributed by atoms with E-state index in [2.05, 4.69) is 10.2 Å². The predicted molar refractivity (Wildman–Crippen MR) is 151 cm³/mol. The Hall–Kier alpha value is -3.13. The number of rotatable bonds is 12. The maximum absolute atomic E-state index is 15.0. The van der Waals surface area contributed by atoms with Crippen molar-refractivity contribution in [2.75, 3.05) is 63.1 Å². The summed E-state index contributed by atoms with van der Waals surface area (Å²) in [5.41, 5.74) is 2.00. The van der Waals surface area contributed by atoms with Crippen LogP contribution in [-0.4, -0.2) is 74.5 Å². The molecule has 2 aromatic rings. The number of ether oxygens (including phenoxy) is 1. The van der Waals surface area contributed by atoms with Gasteiger partial charge in [-0.25, -0.2) is 4.39 Å². The van der Waals surface area contributed by atoms with Crippen LogP contribution in [0.3, 0.4) is 0 Å². The molecule has 1 aliphatic heterocycles. The Morgan fingerprint density at radius 3 is 2.13 bits per heavy atom. The van der Waals surface area contributed by atoms with Gasteiger partial charge < -0.3 is 19.9 Å². The zero-order valence-corrected chi connectivity index (χ0v) is 23.5. The van der Waals surface area contributed by atoms with Gasteiger partial charge in [0.25, 0.3) is 0 Å². The fraction of sp³-hybridized carbons (Fsp3) is 0.533. The summed E-state index contributed by atoms with van der Waals surface area (Å²) in [6.07, 6.45) is 1.51. The van der Waals surface area contributed by atoms with Crippen LogP contribution in [0.5, 0.6) is 5.75 Å². The van der Waals surface area contributed by atoms with E-state index in [0.29, 0.717) is 44.1 Å². The molecule has 1 N–H and O–H groups in total. The van der Waals surface area contributed by atoms with Crippen LogP contribution in [-0.2, 0) is 9.59 Å². The van der Waals surface area contributed by atoms with Gasteiger partial charge in [-0.05, 0) is 62.6 Å². The molecule has 1 heterocycles. The summed E-state index contributed by atoms with van der Waals surface area (Å²) in [5, 5.41) is 2.85. The molecule has 2 amide bonds. The first-order chi connectivity index (χ1) is 18.3. The number of likely N-dealkylation sites (N-methyl/N-ethyl adjacent to an activating group) is 1. The molecule has 1 saturated heterocycles. The van der Waals surface area contributed by atoms with Crippen LogP contribution in [0.25, 0.3) is 0 Å². The van der Waals surface area contributed by atoms with Gasteiger partial charge in [-0.2, -0.15) is 0 Å². The SMILES string of the molecule is CCC(CC)C(=O)Nc1ccc(N2CCN(CC(C(=O)N(CC)CC)c3ccc(OC)cc3)CC2)c(F)c1. The van der Waals surface area contributed by atoms with E-state index in [4.69, 9.17) is 4.74 Å². The lowest BCUT2D eigenvalue weighted by Crippen LogP contribution is -2.49. The highest BCUT2D eigenvalue weighted by Crippen LogP contribution is 2.27. The number of piperazine rings is 1. The Kier molecular flexibility index (Phi) is 11.0. The maximum Gasteiger partial charge on any atom is 0.231 e. The molecule has 208 valence electrons. The van der Waals surface area contributed by atoms with Gasteiger partial charge in [0, 0.05) is 57.4 Å². The Morgan fingerprint density at radius 1 is 0.974 bits per heavy atom. The molecule has 0 saturated carbocycles. The molecule has 0 radical (unpaired) electrons. The van der Waals surface area contributed by atoms with E-state index in [1.807, 2.05) is 61.8 Å². The number of hydrogen-bond donors (Lipinski definition) is 1. The highest BCUT2D eigenvalue weighted by molar-refractivity contribution is 5.92. The zero-order valence-electron chi connectivity index (χ0n) is 23.5. The van der Waals surface area contributed by atoms with E-state index in [9.17, 15) is 9.59 Å². The van der Waals surface area contributed by atoms with Crippen LogP contribution in [0, 0.1) is 11.7 Å². The molecule has 7 nitrogen and oxygen atoms in total. The maximum atomic E-state index is 15.0. The second-order valence-corrected chi connectivity index (χ2v) is 9.79. The van der Waals surface area contributed by atoms with Crippen LogP contribution >= 0.6 is 0 Å². The second kappa shape index (κ2) is 14.1. The minimum atomic E-state index is -0.339. The van der Waals surface area contributed by atoms with Crippen LogP contribution in [0.4, 0.5) is 15.8 Å². The Labute approximate surface area is 226 Å². The Morgan fingerprint density at radius 2 is 1.61 bits per heavy atom. The summed E-state index contributed by atoms with van der Waals surface area (Å²) in [6.45, 7) is 12.7. The minimum absolute atomic E-state index is 0.0681. The quantitative estimate of drug-likeness (QED) is 0.423. The minimum Gasteiger partial charge on any atom is -0.497 e. The lowest BCUT2D eigenvalue weighted by molar-refractivity contribution is -0.133. The van der Waals surface area contributed by atoms with Crippen LogP contribution in [0.1, 0.15) is 52.0 Å². The molecule has 0 aromatic heterocycles. The fourth-order valence-corrected chi connectivity index (χ4v) is 5.09. The largest absolute Gasteiger partial charge is 0.497 e. The third kappa shape index (κ3) is 7.25. The van der Waals surface area contributed by atoms with Gasteiger partial charge >= 0.3 is 0 Å². The first-order valence-corrected chi connectivity index (χ1v) is 13.8. The van der Waals surface area contributed by atoms with Crippen molar-refractivity contribution in [1.82, 2.24) is 9.80 Å². The molecule has 0 spiro atoms. The summed E-state index contributed by atoms with van der Waals surface area (Å²) in [4.78, 5) is 32.0. The van der Waals surface area contributed by atoms with E-state index < -0.39 is 0 Å². The second-order valence-electron chi connectivity index (χ2n) is 9.79. The zero-order chi connectivity index (χ0) is 27.7. The molecule has 1 atom stereocenters. The number of anilines is 2. The Balaban J connectivity index is 1.66. The van der Waals surface area contributed by atoms with E-state index in [1.165, 1.54) is 6.07 Å². The van der Waals surface area contributed by atoms with E-state index in [-0.39, 0.29) is 29.5 Å². The van der Waals surface area contributed by atoms with Crippen molar-refractivity contribution in [2.24, 2.45) is 5.92 Å². The van der Waals surface area contributed by atoms with Crippen molar-refractivity contribution < 1.29 is 18.7 Å². The molecule has 8 heteroatoms. The first-order valence-electron chi connectivity index (χ1n) is 13.8. The fourth-order valence-electron chi connectivity index (χ4n) is 5.09. The van der Waals surface area contributed by atoms with Crippen LogP contribution in [0.15, 0.2) is 42.5 Å². The van der Waals surface area contributed by atoms with E-state index in [1.54, 1.807) is 19.2 Å². The van der Waals surface area contributed by atoms with Crippen molar-refractivity contribution in [3.8, 4) is 5.75 Å². The van der Waals surface area contributed by atoms with Gasteiger partial charge in [0.2, 0.25) is 11.8 Å². The average molecular weight is 527 g/mol. The number of benzene rings is 2. The average Bonchev–Trinajstić information content (AvgIpc) is 2.93. The number of carbonyl (C=O) groups excluding carboxylic acids is 2. The van der Waals surface area contributed by atoms with Gasteiger partial charge in [-0.15, -0.1) is 0 Å². The molecular formula is C30H43FN4O3. The highest BCUT2D eigenvalue weighted by atomic mass is 19.1. The number of methoxy groups -OCH3 is 1.